The number of fused-ring (bicyclic) bond motifs is 3. The van der Waals surface area contributed by atoms with Crippen LogP contribution < -0.4 is 5.32 Å². The SMILES string of the molecule is O=C(Nc1cc2ncccc2c2cccnc12)N1CCCCCC1. The van der Waals surface area contributed by atoms with E-state index in [-0.39, 0.29) is 6.03 Å². The zero-order valence-corrected chi connectivity index (χ0v) is 13.5. The molecule has 4 rings (SSSR count). The zero-order valence-electron chi connectivity index (χ0n) is 13.5. The van der Waals surface area contributed by atoms with Crippen LogP contribution in [0.25, 0.3) is 21.8 Å². The standard InChI is InChI=1S/C19H20N4O/c24-19(23-11-3-1-2-4-12-23)22-17-13-16-14(7-5-9-20-16)15-8-6-10-21-18(15)17/h5-10,13H,1-4,11-12H2,(H,22,24). The number of nitrogens with zero attached hydrogens (tertiary/aromatic N) is 3. The number of carbonyl (C=O) groups is 1. The fraction of sp³-hybridized carbons (Fsp3) is 0.316. The molecule has 0 atom stereocenters. The van der Waals surface area contributed by atoms with Crippen molar-refractivity contribution in [3.63, 3.8) is 0 Å². The lowest BCUT2D eigenvalue weighted by Crippen LogP contribution is -2.35. The Morgan fingerprint density at radius 2 is 1.67 bits per heavy atom. The second-order valence-corrected chi connectivity index (χ2v) is 6.23. The summed E-state index contributed by atoms with van der Waals surface area (Å²) in [6.45, 7) is 1.64. The third-order valence-corrected chi connectivity index (χ3v) is 4.61. The molecular weight excluding hydrogens is 300 g/mol. The third kappa shape index (κ3) is 2.77. The highest BCUT2D eigenvalue weighted by Crippen LogP contribution is 2.29. The van der Waals surface area contributed by atoms with Gasteiger partial charge in [-0.25, -0.2) is 4.79 Å². The van der Waals surface area contributed by atoms with Crippen LogP contribution in [-0.2, 0) is 0 Å². The lowest BCUT2D eigenvalue weighted by atomic mass is 10.1. The molecular formula is C19H20N4O. The molecule has 2 aromatic heterocycles. The van der Waals surface area contributed by atoms with Crippen molar-refractivity contribution >= 4 is 33.5 Å². The quantitative estimate of drug-likeness (QED) is 0.684. The van der Waals surface area contributed by atoms with Crippen LogP contribution in [0.5, 0.6) is 0 Å². The smallest absolute Gasteiger partial charge is 0.321 e. The first kappa shape index (κ1) is 14.9. The number of likely N-dealkylation sites (tertiary alicyclic amines) is 1. The summed E-state index contributed by atoms with van der Waals surface area (Å²) in [7, 11) is 0. The summed E-state index contributed by atoms with van der Waals surface area (Å²) >= 11 is 0. The average Bonchev–Trinajstić information content (AvgIpc) is 2.91. The first-order valence-corrected chi connectivity index (χ1v) is 8.51. The van der Waals surface area contributed by atoms with Gasteiger partial charge >= 0.3 is 6.03 Å². The highest BCUT2D eigenvalue weighted by molar-refractivity contribution is 6.12. The number of carbonyl (C=O) groups excluding carboxylic acids is 1. The topological polar surface area (TPSA) is 58.1 Å². The van der Waals surface area contributed by atoms with E-state index in [1.54, 1.807) is 12.4 Å². The molecule has 1 aromatic carbocycles. The molecule has 2 amide bonds. The zero-order chi connectivity index (χ0) is 16.4. The third-order valence-electron chi connectivity index (χ3n) is 4.61. The van der Waals surface area contributed by atoms with Crippen molar-refractivity contribution < 1.29 is 4.79 Å². The van der Waals surface area contributed by atoms with Crippen molar-refractivity contribution in [2.75, 3.05) is 18.4 Å². The molecule has 5 heteroatoms. The van der Waals surface area contributed by atoms with Crippen LogP contribution in [0.2, 0.25) is 0 Å². The van der Waals surface area contributed by atoms with E-state index in [4.69, 9.17) is 0 Å². The second-order valence-electron chi connectivity index (χ2n) is 6.23. The van der Waals surface area contributed by atoms with Gasteiger partial charge in [0.2, 0.25) is 0 Å². The Morgan fingerprint density at radius 3 is 2.46 bits per heavy atom. The number of anilines is 1. The summed E-state index contributed by atoms with van der Waals surface area (Å²) in [4.78, 5) is 23.5. The van der Waals surface area contributed by atoms with Crippen LogP contribution in [-0.4, -0.2) is 34.0 Å². The van der Waals surface area contributed by atoms with Crippen LogP contribution in [0.15, 0.2) is 42.7 Å². The van der Waals surface area contributed by atoms with Gasteiger partial charge in [0.1, 0.15) is 0 Å². The number of nitrogens with one attached hydrogen (secondary N) is 1. The highest BCUT2D eigenvalue weighted by atomic mass is 16.2. The fourth-order valence-electron chi connectivity index (χ4n) is 3.37. The molecule has 1 aliphatic heterocycles. The van der Waals surface area contributed by atoms with Crippen molar-refractivity contribution in [2.45, 2.75) is 25.7 Å². The van der Waals surface area contributed by atoms with Gasteiger partial charge < -0.3 is 10.2 Å². The van der Waals surface area contributed by atoms with Gasteiger partial charge in [-0.15, -0.1) is 0 Å². The second kappa shape index (κ2) is 6.43. The Balaban J connectivity index is 1.73. The fourth-order valence-corrected chi connectivity index (χ4v) is 3.37. The number of hydrogen-bond donors (Lipinski definition) is 1. The minimum atomic E-state index is -0.0425. The van der Waals surface area contributed by atoms with Gasteiger partial charge in [0.15, 0.2) is 0 Å². The first-order chi connectivity index (χ1) is 11.8. The van der Waals surface area contributed by atoms with Crippen LogP contribution in [0.4, 0.5) is 10.5 Å². The van der Waals surface area contributed by atoms with E-state index in [1.165, 1.54) is 12.8 Å². The first-order valence-electron chi connectivity index (χ1n) is 8.51. The molecule has 3 heterocycles. The van der Waals surface area contributed by atoms with Crippen molar-refractivity contribution in [2.24, 2.45) is 0 Å². The Labute approximate surface area is 140 Å². The van der Waals surface area contributed by atoms with Gasteiger partial charge in [0.25, 0.3) is 0 Å². The largest absolute Gasteiger partial charge is 0.325 e. The summed E-state index contributed by atoms with van der Waals surface area (Å²) in [5.74, 6) is 0. The van der Waals surface area contributed by atoms with Crippen molar-refractivity contribution in [3.05, 3.63) is 42.7 Å². The molecule has 1 saturated heterocycles. The monoisotopic (exact) mass is 320 g/mol. The summed E-state index contributed by atoms with van der Waals surface area (Å²) in [5.41, 5.74) is 2.40. The van der Waals surface area contributed by atoms with E-state index >= 15 is 0 Å². The number of benzene rings is 1. The van der Waals surface area contributed by atoms with E-state index in [0.29, 0.717) is 0 Å². The van der Waals surface area contributed by atoms with Crippen LogP contribution in [0.3, 0.4) is 0 Å². The number of amides is 2. The van der Waals surface area contributed by atoms with Gasteiger partial charge in [-0.3, -0.25) is 9.97 Å². The van der Waals surface area contributed by atoms with E-state index in [0.717, 1.165) is 53.4 Å². The Bertz CT molecular complexity index is 885. The maximum atomic E-state index is 12.7. The molecule has 5 nitrogen and oxygen atoms in total. The molecule has 0 bridgehead atoms. The van der Waals surface area contributed by atoms with Gasteiger partial charge in [0.05, 0.1) is 16.7 Å². The molecule has 1 N–H and O–H groups in total. The molecule has 122 valence electrons. The van der Waals surface area contributed by atoms with Gasteiger partial charge in [0, 0.05) is 36.3 Å². The van der Waals surface area contributed by atoms with E-state index < -0.39 is 0 Å². The molecule has 0 saturated carbocycles. The van der Waals surface area contributed by atoms with Crippen molar-refractivity contribution in [1.29, 1.82) is 0 Å². The van der Waals surface area contributed by atoms with Gasteiger partial charge in [-0.05, 0) is 31.0 Å². The van der Waals surface area contributed by atoms with Crippen LogP contribution >= 0.6 is 0 Å². The number of aromatic nitrogens is 2. The molecule has 0 unspecified atom stereocenters. The molecule has 1 aliphatic rings. The number of pyridine rings is 2. The van der Waals surface area contributed by atoms with Crippen LogP contribution in [0, 0.1) is 0 Å². The number of hydrogen-bond acceptors (Lipinski definition) is 3. The van der Waals surface area contributed by atoms with Gasteiger partial charge in [-0.2, -0.15) is 0 Å². The predicted octanol–water partition coefficient (Wildman–Crippen LogP) is 4.19. The van der Waals surface area contributed by atoms with E-state index in [2.05, 4.69) is 15.3 Å². The lowest BCUT2D eigenvalue weighted by Gasteiger charge is -2.21. The normalized spacial score (nSPS) is 15.4. The molecule has 24 heavy (non-hydrogen) atoms. The minimum absolute atomic E-state index is 0.0425. The number of urea groups is 1. The van der Waals surface area contributed by atoms with Crippen molar-refractivity contribution in [1.82, 2.24) is 14.9 Å². The Morgan fingerprint density at radius 1 is 0.958 bits per heavy atom. The summed E-state index contributed by atoms with van der Waals surface area (Å²) in [6, 6.07) is 9.76. The molecule has 0 radical (unpaired) electrons. The summed E-state index contributed by atoms with van der Waals surface area (Å²) < 4.78 is 0. The predicted molar refractivity (Wildman–Crippen MR) is 96.1 cm³/mol. The Hall–Kier alpha value is -2.69. The maximum absolute atomic E-state index is 12.7. The summed E-state index contributed by atoms with van der Waals surface area (Å²) in [6.07, 6.45) is 8.08. The molecule has 3 aromatic rings. The number of rotatable bonds is 1. The molecule has 1 fully saturated rings. The minimum Gasteiger partial charge on any atom is -0.325 e. The molecule has 0 spiro atoms. The maximum Gasteiger partial charge on any atom is 0.321 e. The highest BCUT2D eigenvalue weighted by Gasteiger charge is 2.17. The van der Waals surface area contributed by atoms with Crippen LogP contribution in [0.1, 0.15) is 25.7 Å². The van der Waals surface area contributed by atoms with Crippen molar-refractivity contribution in [3.8, 4) is 0 Å². The summed E-state index contributed by atoms with van der Waals surface area (Å²) in [5, 5.41) is 5.12. The average molecular weight is 320 g/mol. The van der Waals surface area contributed by atoms with Gasteiger partial charge in [-0.1, -0.05) is 25.0 Å². The molecule has 0 aliphatic carbocycles. The van der Waals surface area contributed by atoms with E-state index in [9.17, 15) is 4.79 Å². The Kier molecular flexibility index (Phi) is 3.99. The van der Waals surface area contributed by atoms with E-state index in [1.807, 2.05) is 35.2 Å². The lowest BCUT2D eigenvalue weighted by molar-refractivity contribution is 0.214.